The van der Waals surface area contributed by atoms with Crippen LogP contribution >= 0.6 is 0 Å². The van der Waals surface area contributed by atoms with Crippen LogP contribution in [0.2, 0.25) is 0 Å². The Labute approximate surface area is 239 Å². The summed E-state index contributed by atoms with van der Waals surface area (Å²) in [4.78, 5) is 52.2. The van der Waals surface area contributed by atoms with Crippen molar-refractivity contribution in [3.05, 3.63) is 64.7 Å². The highest BCUT2D eigenvalue weighted by Crippen LogP contribution is 2.32. The van der Waals surface area contributed by atoms with E-state index in [1.807, 2.05) is 4.90 Å². The van der Waals surface area contributed by atoms with Crippen molar-refractivity contribution in [3.63, 3.8) is 0 Å². The van der Waals surface area contributed by atoms with Gasteiger partial charge in [-0.05, 0) is 35.7 Å². The lowest BCUT2D eigenvalue weighted by Crippen LogP contribution is -2.52. The lowest BCUT2D eigenvalue weighted by atomic mass is 10.0. The van der Waals surface area contributed by atoms with E-state index < -0.39 is 35.3 Å². The average Bonchev–Trinajstić information content (AvgIpc) is 3.28. The van der Waals surface area contributed by atoms with Gasteiger partial charge in [0.1, 0.15) is 18.4 Å². The summed E-state index contributed by atoms with van der Waals surface area (Å²) in [6.45, 7) is 0.846. The van der Waals surface area contributed by atoms with Crippen molar-refractivity contribution < 1.29 is 41.5 Å². The summed E-state index contributed by atoms with van der Waals surface area (Å²) in [5.74, 6) is -9.20. The van der Waals surface area contributed by atoms with Crippen LogP contribution in [0.15, 0.2) is 42.5 Å². The summed E-state index contributed by atoms with van der Waals surface area (Å²) < 4.78 is 62.3. The molecule has 5 rings (SSSR count). The molecule has 3 heterocycles. The zero-order valence-corrected chi connectivity index (χ0v) is 22.6. The van der Waals surface area contributed by atoms with Gasteiger partial charge in [0.2, 0.25) is 11.8 Å². The molecule has 1 unspecified atom stereocenters. The second kappa shape index (κ2) is 11.7. The molecule has 3 aliphatic rings. The van der Waals surface area contributed by atoms with E-state index in [1.165, 1.54) is 23.1 Å². The summed E-state index contributed by atoms with van der Waals surface area (Å²) in [7, 11) is 0. The Balaban J connectivity index is 1.15. The molecule has 0 bridgehead atoms. The first-order valence-corrected chi connectivity index (χ1v) is 13.7. The number of alkyl halides is 4. The van der Waals surface area contributed by atoms with Crippen LogP contribution in [-0.4, -0.2) is 71.6 Å². The number of amides is 4. The molecular formula is C29H30F4N4O5. The molecular weight excluding hydrogens is 560 g/mol. The second-order valence-corrected chi connectivity index (χ2v) is 10.7. The molecule has 2 fully saturated rings. The number of hydrogen-bond donors (Lipinski definition) is 2. The van der Waals surface area contributed by atoms with Gasteiger partial charge in [0.05, 0.1) is 0 Å². The third kappa shape index (κ3) is 6.40. The molecule has 0 radical (unpaired) electrons. The van der Waals surface area contributed by atoms with Gasteiger partial charge in [0.15, 0.2) is 0 Å². The minimum absolute atomic E-state index is 0.120. The fourth-order valence-corrected chi connectivity index (χ4v) is 5.34. The number of ether oxygens (including phenoxy) is 1. The molecule has 4 amide bonds. The number of fused-ring (bicyclic) bond motifs is 1. The summed E-state index contributed by atoms with van der Waals surface area (Å²) in [6, 6.07) is 8.93. The Bertz CT molecular complexity index is 1390. The van der Waals surface area contributed by atoms with E-state index in [1.54, 1.807) is 12.1 Å². The number of likely N-dealkylation sites (tertiary alicyclic amines) is 1. The van der Waals surface area contributed by atoms with Crippen LogP contribution in [0.4, 0.5) is 17.6 Å². The molecule has 2 aromatic carbocycles. The normalized spacial score (nSPS) is 20.7. The van der Waals surface area contributed by atoms with Crippen LogP contribution in [0, 0.1) is 0 Å². The molecule has 42 heavy (non-hydrogen) atoms. The fourth-order valence-electron chi connectivity index (χ4n) is 5.34. The van der Waals surface area contributed by atoms with Crippen LogP contribution in [0.3, 0.4) is 0 Å². The predicted molar refractivity (Wildman–Crippen MR) is 141 cm³/mol. The fraction of sp³-hybridized carbons (Fsp3) is 0.448. The summed E-state index contributed by atoms with van der Waals surface area (Å²) >= 11 is 0. The van der Waals surface area contributed by atoms with Gasteiger partial charge in [-0.3, -0.25) is 29.4 Å². The molecule has 0 aliphatic carbocycles. The van der Waals surface area contributed by atoms with Crippen molar-refractivity contribution >= 4 is 23.6 Å². The van der Waals surface area contributed by atoms with E-state index in [0.29, 0.717) is 23.2 Å². The maximum Gasteiger partial charge on any atom is 0.349 e. The quantitative estimate of drug-likeness (QED) is 0.344. The second-order valence-electron chi connectivity index (χ2n) is 10.7. The van der Waals surface area contributed by atoms with Crippen molar-refractivity contribution in [2.75, 3.05) is 26.2 Å². The van der Waals surface area contributed by atoms with Gasteiger partial charge in [-0.1, -0.05) is 24.3 Å². The van der Waals surface area contributed by atoms with Gasteiger partial charge in [-0.15, -0.1) is 0 Å². The molecule has 0 spiro atoms. The molecule has 2 N–H and O–H groups in total. The molecule has 2 saturated heterocycles. The first-order chi connectivity index (χ1) is 19.9. The van der Waals surface area contributed by atoms with Gasteiger partial charge < -0.3 is 15.0 Å². The van der Waals surface area contributed by atoms with Crippen molar-refractivity contribution in [3.8, 4) is 5.75 Å². The molecule has 9 nitrogen and oxygen atoms in total. The van der Waals surface area contributed by atoms with Crippen LogP contribution < -0.4 is 15.4 Å². The number of halogens is 4. The minimum Gasteiger partial charge on any atom is -0.492 e. The Morgan fingerprint density at radius 3 is 2.60 bits per heavy atom. The van der Waals surface area contributed by atoms with Crippen molar-refractivity contribution in [2.45, 2.75) is 56.7 Å². The van der Waals surface area contributed by atoms with Gasteiger partial charge in [-0.2, -0.15) is 8.78 Å². The maximum atomic E-state index is 15.1. The van der Waals surface area contributed by atoms with Gasteiger partial charge in [0.25, 0.3) is 17.7 Å². The van der Waals surface area contributed by atoms with Crippen molar-refractivity contribution in [1.82, 2.24) is 20.4 Å². The van der Waals surface area contributed by atoms with Crippen molar-refractivity contribution in [2.24, 2.45) is 0 Å². The molecule has 3 aliphatic heterocycles. The van der Waals surface area contributed by atoms with E-state index >= 15 is 8.78 Å². The zero-order valence-electron chi connectivity index (χ0n) is 22.6. The maximum absolute atomic E-state index is 15.1. The minimum atomic E-state index is -3.87. The topological polar surface area (TPSA) is 108 Å². The average molecular weight is 591 g/mol. The van der Waals surface area contributed by atoms with Crippen LogP contribution in [0.5, 0.6) is 5.75 Å². The highest BCUT2D eigenvalue weighted by molar-refractivity contribution is 6.05. The number of hydrogen-bond acceptors (Lipinski definition) is 6. The predicted octanol–water partition coefficient (Wildman–Crippen LogP) is 2.97. The summed E-state index contributed by atoms with van der Waals surface area (Å²) in [5, 5.41) is 4.47. The molecule has 1 atom stereocenters. The standard InChI is InChI=1S/C29H30F4N4O5/c30-28(31)8-10-36(11-9-28)12-13-42-21-3-1-2-20(15-21)29(32,33)27(41)34-16-18-4-5-22-19(14-18)17-37(26(22)40)23-6-7-24(38)35-25(23)39/h1-5,14-15,23H,6-13,16-17H2,(H,34,41)(H,35,38,39). The third-order valence-electron chi connectivity index (χ3n) is 7.79. The van der Waals surface area contributed by atoms with Gasteiger partial charge in [0, 0.05) is 63.1 Å². The van der Waals surface area contributed by atoms with E-state index in [4.69, 9.17) is 4.74 Å². The molecule has 0 aromatic heterocycles. The van der Waals surface area contributed by atoms with Crippen LogP contribution in [0.1, 0.15) is 52.7 Å². The lowest BCUT2D eigenvalue weighted by Gasteiger charge is -2.31. The van der Waals surface area contributed by atoms with Gasteiger partial charge in [-0.25, -0.2) is 8.78 Å². The number of nitrogens with zero attached hydrogens (tertiary/aromatic N) is 2. The Kier molecular flexibility index (Phi) is 8.22. The number of imide groups is 1. The summed E-state index contributed by atoms with van der Waals surface area (Å²) in [6.07, 6.45) is -0.115. The first-order valence-electron chi connectivity index (χ1n) is 13.7. The summed E-state index contributed by atoms with van der Waals surface area (Å²) in [5.41, 5.74) is 0.888. The smallest absolute Gasteiger partial charge is 0.349 e. The van der Waals surface area contributed by atoms with Crippen molar-refractivity contribution in [1.29, 1.82) is 0 Å². The van der Waals surface area contributed by atoms with Crippen LogP contribution in [0.25, 0.3) is 0 Å². The molecule has 13 heteroatoms. The first kappa shape index (κ1) is 29.5. The Morgan fingerprint density at radius 1 is 1.10 bits per heavy atom. The molecule has 0 saturated carbocycles. The number of piperidine rings is 2. The van der Waals surface area contributed by atoms with E-state index in [-0.39, 0.29) is 76.0 Å². The van der Waals surface area contributed by atoms with Gasteiger partial charge >= 0.3 is 5.92 Å². The largest absolute Gasteiger partial charge is 0.492 e. The van der Waals surface area contributed by atoms with E-state index in [0.717, 1.165) is 12.1 Å². The number of nitrogens with one attached hydrogen (secondary N) is 2. The molecule has 224 valence electrons. The lowest BCUT2D eigenvalue weighted by molar-refractivity contribution is -0.147. The number of benzene rings is 2. The monoisotopic (exact) mass is 590 g/mol. The highest BCUT2D eigenvalue weighted by Gasteiger charge is 2.42. The number of carbonyl (C=O) groups is 4. The Hall–Kier alpha value is -4.00. The SMILES string of the molecule is O=C1CCC(N2Cc3cc(CNC(=O)C(F)(F)c4cccc(OCCN5CCC(F)(F)CC5)c4)ccc3C2=O)C(=O)N1. The molecule has 2 aromatic rings. The van der Waals surface area contributed by atoms with E-state index in [2.05, 4.69) is 10.6 Å². The zero-order chi connectivity index (χ0) is 30.1. The number of rotatable bonds is 9. The number of carbonyl (C=O) groups excluding carboxylic acids is 4. The Morgan fingerprint density at radius 2 is 1.86 bits per heavy atom. The van der Waals surface area contributed by atoms with E-state index in [9.17, 15) is 28.0 Å². The third-order valence-corrected chi connectivity index (χ3v) is 7.79. The highest BCUT2D eigenvalue weighted by atomic mass is 19.3. The van der Waals surface area contributed by atoms with Crippen LogP contribution in [-0.2, 0) is 33.4 Å².